The fourth-order valence-corrected chi connectivity index (χ4v) is 2.45. The molecular weight excluding hydrogens is 306 g/mol. The van der Waals surface area contributed by atoms with E-state index in [1.165, 1.54) is 25.7 Å². The third-order valence-corrected chi connectivity index (χ3v) is 4.28. The minimum absolute atomic E-state index is 0.289. The highest BCUT2D eigenvalue weighted by molar-refractivity contribution is 5.87. The molecule has 0 aromatic rings. The number of carboxylic acids is 2. The van der Waals surface area contributed by atoms with E-state index in [4.69, 9.17) is 15.9 Å². The second-order valence-corrected chi connectivity index (χ2v) is 6.33. The van der Waals surface area contributed by atoms with E-state index in [0.717, 1.165) is 38.5 Å². The highest BCUT2D eigenvalue weighted by Crippen LogP contribution is 2.14. The number of nitrogens with two attached hydrogens (primary N) is 1. The number of hydrogen-bond acceptors (Lipinski definition) is 3. The molecule has 4 N–H and O–H groups in total. The molecule has 0 fully saturated rings. The summed E-state index contributed by atoms with van der Waals surface area (Å²) in [7, 11) is 0. The van der Waals surface area contributed by atoms with Gasteiger partial charge in [0, 0.05) is 17.7 Å². The maximum Gasteiger partial charge on any atom is 0.331 e. The summed E-state index contributed by atoms with van der Waals surface area (Å²) >= 11 is 0. The Morgan fingerprint density at radius 1 is 0.792 bits per heavy atom. The summed E-state index contributed by atoms with van der Waals surface area (Å²) in [5.74, 6) is -1.62. The molecule has 0 radical (unpaired) electrons. The fraction of sp³-hybridized carbons (Fsp3) is 0.684. The van der Waals surface area contributed by atoms with Crippen molar-refractivity contribution < 1.29 is 19.8 Å². The van der Waals surface area contributed by atoms with Crippen molar-refractivity contribution in [2.75, 3.05) is 0 Å². The van der Waals surface area contributed by atoms with Gasteiger partial charge in [-0.1, -0.05) is 51.0 Å². The second-order valence-electron chi connectivity index (χ2n) is 6.33. The van der Waals surface area contributed by atoms with Gasteiger partial charge < -0.3 is 15.9 Å². The predicted molar refractivity (Wildman–Crippen MR) is 96.7 cm³/mol. The minimum Gasteiger partial charge on any atom is -0.481 e. The quantitative estimate of drug-likeness (QED) is 0.243. The summed E-state index contributed by atoms with van der Waals surface area (Å²) in [5, 5.41) is 17.5. The zero-order chi connectivity index (χ0) is 18.4. The third-order valence-electron chi connectivity index (χ3n) is 4.28. The lowest BCUT2D eigenvalue weighted by Gasteiger charge is -2.05. The number of hydrogen-bond donors (Lipinski definition) is 3. The van der Waals surface area contributed by atoms with Gasteiger partial charge in [-0.15, -0.1) is 0 Å². The van der Waals surface area contributed by atoms with Crippen LogP contribution in [0.5, 0.6) is 0 Å². The Balaban J connectivity index is 3.60. The first-order valence-electron chi connectivity index (χ1n) is 8.94. The van der Waals surface area contributed by atoms with Gasteiger partial charge in [-0.3, -0.25) is 4.79 Å². The first kappa shape index (κ1) is 22.2. The molecule has 24 heavy (non-hydrogen) atoms. The van der Waals surface area contributed by atoms with Gasteiger partial charge in [0.05, 0.1) is 0 Å². The summed E-state index contributed by atoms with van der Waals surface area (Å²) in [5.41, 5.74) is 7.41. The van der Waals surface area contributed by atoms with Crippen LogP contribution < -0.4 is 5.73 Å². The van der Waals surface area contributed by atoms with E-state index >= 15 is 0 Å². The highest BCUT2D eigenvalue weighted by Gasteiger charge is 2.06. The Morgan fingerprint density at radius 3 is 1.71 bits per heavy atom. The minimum atomic E-state index is -0.924. The third kappa shape index (κ3) is 11.7. The smallest absolute Gasteiger partial charge is 0.331 e. The van der Waals surface area contributed by atoms with Gasteiger partial charge in [0.2, 0.25) is 0 Å². The molecular formula is C19H33NO4. The van der Waals surface area contributed by atoms with Crippen LogP contribution in [0.1, 0.15) is 84.5 Å². The van der Waals surface area contributed by atoms with Gasteiger partial charge in [0.15, 0.2) is 0 Å². The van der Waals surface area contributed by atoms with Gasteiger partial charge in [0.25, 0.3) is 0 Å². The largest absolute Gasteiger partial charge is 0.481 e. The average Bonchev–Trinajstić information content (AvgIpc) is 2.53. The molecule has 0 aromatic heterocycles. The second kappa shape index (κ2) is 13.6. The van der Waals surface area contributed by atoms with Crippen molar-refractivity contribution in [2.24, 2.45) is 5.73 Å². The summed E-state index contributed by atoms with van der Waals surface area (Å²) in [6.45, 7) is 3.31. The molecule has 0 heterocycles. The summed E-state index contributed by atoms with van der Waals surface area (Å²) in [6, 6.07) is 0. The van der Waals surface area contributed by atoms with Gasteiger partial charge in [-0.2, -0.15) is 0 Å². The van der Waals surface area contributed by atoms with Crippen molar-refractivity contribution >= 4 is 11.9 Å². The maximum absolute atomic E-state index is 10.9. The summed E-state index contributed by atoms with van der Waals surface area (Å²) in [6.07, 6.45) is 13.1. The molecule has 0 saturated carbocycles. The van der Waals surface area contributed by atoms with Gasteiger partial charge in [-0.25, -0.2) is 4.79 Å². The van der Waals surface area contributed by atoms with Gasteiger partial charge in [-0.05, 0) is 38.7 Å². The zero-order valence-corrected chi connectivity index (χ0v) is 15.1. The van der Waals surface area contributed by atoms with Crippen molar-refractivity contribution in [1.82, 2.24) is 0 Å². The SMILES string of the molecule is CC(C(=O)O)=C(C)C(N)=CCCCCCCCCCCCC(=O)O. The number of unbranched alkanes of at least 4 members (excludes halogenated alkanes) is 9. The van der Waals surface area contributed by atoms with Crippen LogP contribution >= 0.6 is 0 Å². The Morgan fingerprint density at radius 2 is 1.25 bits per heavy atom. The Hall–Kier alpha value is -1.78. The standard InChI is InChI=1S/C19H33NO4/c1-15(16(2)19(23)24)17(20)13-11-9-7-5-3-4-6-8-10-12-14-18(21)22/h13H,3-12,14,20H2,1-2H3,(H,21,22)(H,23,24). The van der Waals surface area contributed by atoms with E-state index in [1.807, 2.05) is 6.08 Å². The number of carbonyl (C=O) groups is 2. The first-order valence-corrected chi connectivity index (χ1v) is 8.94. The van der Waals surface area contributed by atoms with Crippen molar-refractivity contribution in [2.45, 2.75) is 84.5 Å². The molecule has 5 nitrogen and oxygen atoms in total. The highest BCUT2D eigenvalue weighted by atomic mass is 16.4. The molecule has 0 amide bonds. The van der Waals surface area contributed by atoms with Crippen LogP contribution in [0, 0.1) is 0 Å². The lowest BCUT2D eigenvalue weighted by molar-refractivity contribution is -0.137. The zero-order valence-electron chi connectivity index (χ0n) is 15.1. The van der Waals surface area contributed by atoms with Crippen LogP contribution in [-0.2, 0) is 9.59 Å². The van der Waals surface area contributed by atoms with Gasteiger partial charge >= 0.3 is 11.9 Å². The van der Waals surface area contributed by atoms with Crippen molar-refractivity contribution in [3.8, 4) is 0 Å². The average molecular weight is 339 g/mol. The van der Waals surface area contributed by atoms with Crippen LogP contribution in [0.2, 0.25) is 0 Å². The molecule has 5 heteroatoms. The van der Waals surface area contributed by atoms with E-state index < -0.39 is 11.9 Å². The predicted octanol–water partition coefficient (Wildman–Crippen LogP) is 4.63. The Bertz CT molecular complexity index is 452. The monoisotopic (exact) mass is 339 g/mol. The molecule has 0 unspecified atom stereocenters. The van der Waals surface area contributed by atoms with Crippen molar-refractivity contribution in [3.05, 3.63) is 22.9 Å². The van der Waals surface area contributed by atoms with E-state index in [-0.39, 0.29) is 6.42 Å². The summed E-state index contributed by atoms with van der Waals surface area (Å²) in [4.78, 5) is 21.2. The van der Waals surface area contributed by atoms with Crippen LogP contribution in [0.4, 0.5) is 0 Å². The molecule has 0 aliphatic rings. The fourth-order valence-electron chi connectivity index (χ4n) is 2.45. The Labute approximate surface area is 145 Å². The molecule has 0 rings (SSSR count). The molecule has 0 aromatic carbocycles. The molecule has 0 saturated heterocycles. The van der Waals surface area contributed by atoms with E-state index in [0.29, 0.717) is 16.8 Å². The van der Waals surface area contributed by atoms with Crippen molar-refractivity contribution in [3.63, 3.8) is 0 Å². The van der Waals surface area contributed by atoms with Crippen LogP contribution in [0.25, 0.3) is 0 Å². The van der Waals surface area contributed by atoms with E-state index in [1.54, 1.807) is 13.8 Å². The number of aliphatic carboxylic acids is 2. The lowest BCUT2D eigenvalue weighted by Crippen LogP contribution is -2.06. The van der Waals surface area contributed by atoms with E-state index in [2.05, 4.69) is 0 Å². The number of rotatable bonds is 14. The maximum atomic E-state index is 10.9. The summed E-state index contributed by atoms with van der Waals surface area (Å²) < 4.78 is 0. The normalized spacial score (nSPS) is 12.8. The molecule has 0 bridgehead atoms. The molecule has 138 valence electrons. The molecule has 0 atom stereocenters. The van der Waals surface area contributed by atoms with Gasteiger partial charge in [0.1, 0.15) is 0 Å². The Kier molecular flexibility index (Phi) is 12.6. The molecule has 0 aliphatic heterocycles. The van der Waals surface area contributed by atoms with Crippen LogP contribution in [-0.4, -0.2) is 22.2 Å². The molecule has 0 spiro atoms. The first-order chi connectivity index (χ1) is 11.4. The lowest BCUT2D eigenvalue weighted by atomic mass is 10.0. The van der Waals surface area contributed by atoms with E-state index in [9.17, 15) is 9.59 Å². The number of allylic oxidation sites excluding steroid dienone is 2. The van der Waals surface area contributed by atoms with Crippen LogP contribution in [0.3, 0.4) is 0 Å². The number of carboxylic acid groups (broad SMARTS) is 2. The molecule has 0 aliphatic carbocycles. The van der Waals surface area contributed by atoms with Crippen molar-refractivity contribution in [1.29, 1.82) is 0 Å². The van der Waals surface area contributed by atoms with Crippen LogP contribution in [0.15, 0.2) is 22.9 Å². The topological polar surface area (TPSA) is 101 Å².